The van der Waals surface area contributed by atoms with Gasteiger partial charge in [-0.05, 0) is 19.4 Å². The topological polar surface area (TPSA) is 44.8 Å². The van der Waals surface area contributed by atoms with E-state index in [4.69, 9.17) is 14.2 Å². The van der Waals surface area contributed by atoms with E-state index >= 15 is 0 Å². The van der Waals surface area contributed by atoms with Crippen molar-refractivity contribution in [3.8, 4) is 0 Å². The minimum absolute atomic E-state index is 0.368. The van der Waals surface area contributed by atoms with Gasteiger partial charge in [0.2, 0.25) is 0 Å². The van der Waals surface area contributed by atoms with Gasteiger partial charge < -0.3 is 14.2 Å². The lowest BCUT2D eigenvalue weighted by atomic mass is 10.3. The molecule has 0 rings (SSSR count). The van der Waals surface area contributed by atoms with Crippen molar-refractivity contribution in [1.29, 1.82) is 0 Å². The molecule has 4 heteroatoms. The Morgan fingerprint density at radius 1 is 1.38 bits per heavy atom. The lowest BCUT2D eigenvalue weighted by Crippen LogP contribution is -2.15. The second kappa shape index (κ2) is 6.62. The molecule has 0 spiro atoms. The van der Waals surface area contributed by atoms with Crippen LogP contribution in [0.5, 0.6) is 0 Å². The van der Waals surface area contributed by atoms with Gasteiger partial charge in [-0.15, -0.1) is 0 Å². The third-order valence-corrected chi connectivity index (χ3v) is 1.43. The van der Waals surface area contributed by atoms with Crippen molar-refractivity contribution in [2.75, 3.05) is 20.8 Å². The number of carbonyl (C=O) groups is 1. The fourth-order valence-corrected chi connectivity index (χ4v) is 0.906. The zero-order valence-corrected chi connectivity index (χ0v) is 8.49. The van der Waals surface area contributed by atoms with Gasteiger partial charge in [-0.2, -0.15) is 0 Å². The van der Waals surface area contributed by atoms with Crippen LogP contribution in [0.15, 0.2) is 11.6 Å². The molecule has 0 saturated carbocycles. The Bertz CT molecular complexity index is 182. The highest BCUT2D eigenvalue weighted by Gasteiger charge is 2.09. The molecule has 0 atom stereocenters. The highest BCUT2D eigenvalue weighted by atomic mass is 16.7. The number of ether oxygens (including phenoxy) is 3. The second-order valence-corrected chi connectivity index (χ2v) is 2.44. The molecule has 0 saturated heterocycles. The minimum Gasteiger partial charge on any atom is -0.463 e. The van der Waals surface area contributed by atoms with E-state index in [-0.39, 0.29) is 5.97 Å². The number of hydrogen-bond acceptors (Lipinski definition) is 4. The van der Waals surface area contributed by atoms with E-state index in [0.717, 1.165) is 0 Å². The molecule has 0 aromatic carbocycles. The molecule has 0 radical (unpaired) electrons. The Balaban J connectivity index is 4.20. The number of esters is 1. The zero-order valence-electron chi connectivity index (χ0n) is 8.49. The molecule has 0 bridgehead atoms. The first-order valence-electron chi connectivity index (χ1n) is 4.06. The molecule has 76 valence electrons. The lowest BCUT2D eigenvalue weighted by molar-refractivity contribution is -0.137. The van der Waals surface area contributed by atoms with E-state index in [1.54, 1.807) is 13.8 Å². The lowest BCUT2D eigenvalue weighted by Gasteiger charge is -2.13. The van der Waals surface area contributed by atoms with Crippen molar-refractivity contribution in [3.63, 3.8) is 0 Å². The molecule has 0 amide bonds. The third-order valence-electron chi connectivity index (χ3n) is 1.43. The van der Waals surface area contributed by atoms with E-state index in [2.05, 4.69) is 0 Å². The molecule has 13 heavy (non-hydrogen) atoms. The zero-order chi connectivity index (χ0) is 10.3. The normalized spacial score (nSPS) is 11.9. The summed E-state index contributed by atoms with van der Waals surface area (Å²) in [5, 5.41) is 0. The first kappa shape index (κ1) is 12.1. The highest BCUT2D eigenvalue weighted by Crippen LogP contribution is 2.05. The summed E-state index contributed by atoms with van der Waals surface area (Å²) >= 11 is 0. The standard InChI is InChI=1S/C9H16O4/c1-5-13-8(10)6-7(2)9(11-3)12-4/h6,9H,5H2,1-4H3. The van der Waals surface area contributed by atoms with E-state index in [1.807, 2.05) is 0 Å². The molecule has 0 N–H and O–H groups in total. The molecule has 0 aliphatic rings. The predicted octanol–water partition coefficient (Wildman–Crippen LogP) is 1.11. The van der Waals surface area contributed by atoms with E-state index in [0.29, 0.717) is 12.2 Å². The van der Waals surface area contributed by atoms with Crippen LogP contribution in [0.2, 0.25) is 0 Å². The number of rotatable bonds is 5. The first-order valence-corrected chi connectivity index (χ1v) is 4.06. The van der Waals surface area contributed by atoms with Crippen molar-refractivity contribution in [2.45, 2.75) is 20.1 Å². The maximum atomic E-state index is 11.0. The van der Waals surface area contributed by atoms with Gasteiger partial charge in [0.15, 0.2) is 6.29 Å². The fourth-order valence-electron chi connectivity index (χ4n) is 0.906. The van der Waals surface area contributed by atoms with E-state index in [1.165, 1.54) is 20.3 Å². The molecule has 0 aromatic rings. The Hall–Kier alpha value is -0.870. The average molecular weight is 188 g/mol. The average Bonchev–Trinajstić information content (AvgIpc) is 2.06. The SMILES string of the molecule is CCOC(=O)C=C(C)C(OC)OC. The second-order valence-electron chi connectivity index (χ2n) is 2.44. The van der Waals surface area contributed by atoms with Gasteiger partial charge in [-0.3, -0.25) is 0 Å². The summed E-state index contributed by atoms with van der Waals surface area (Å²) in [5.41, 5.74) is 0.684. The number of carbonyl (C=O) groups excluding carboxylic acids is 1. The van der Waals surface area contributed by atoms with Gasteiger partial charge in [0.05, 0.1) is 6.61 Å². The Kier molecular flexibility index (Phi) is 6.18. The van der Waals surface area contributed by atoms with Gasteiger partial charge in [0.25, 0.3) is 0 Å². The largest absolute Gasteiger partial charge is 0.463 e. The maximum Gasteiger partial charge on any atom is 0.330 e. The summed E-state index contributed by atoms with van der Waals surface area (Å²) in [7, 11) is 3.02. The van der Waals surface area contributed by atoms with Crippen LogP contribution in [0.1, 0.15) is 13.8 Å². The van der Waals surface area contributed by atoms with Crippen LogP contribution in [-0.2, 0) is 19.0 Å². The molecule has 0 fully saturated rings. The molecule has 0 aliphatic heterocycles. The first-order chi connectivity index (χ1) is 6.15. The van der Waals surface area contributed by atoms with Crippen molar-refractivity contribution in [3.05, 3.63) is 11.6 Å². The van der Waals surface area contributed by atoms with Crippen molar-refractivity contribution < 1.29 is 19.0 Å². The van der Waals surface area contributed by atoms with Crippen LogP contribution in [0.3, 0.4) is 0 Å². The molecule has 0 unspecified atom stereocenters. The predicted molar refractivity (Wildman–Crippen MR) is 48.2 cm³/mol. The van der Waals surface area contributed by atoms with Gasteiger partial charge in [0.1, 0.15) is 0 Å². The molecule has 4 nitrogen and oxygen atoms in total. The van der Waals surface area contributed by atoms with Gasteiger partial charge in [-0.1, -0.05) is 0 Å². The summed E-state index contributed by atoms with van der Waals surface area (Å²) in [6.45, 7) is 3.87. The number of hydrogen-bond donors (Lipinski definition) is 0. The van der Waals surface area contributed by atoms with E-state index in [9.17, 15) is 4.79 Å². The summed E-state index contributed by atoms with van der Waals surface area (Å²) in [5.74, 6) is -0.376. The molecule has 0 heterocycles. The van der Waals surface area contributed by atoms with Gasteiger partial charge in [0, 0.05) is 20.3 Å². The van der Waals surface area contributed by atoms with Crippen LogP contribution in [0.4, 0.5) is 0 Å². The molecule has 0 aromatic heterocycles. The minimum atomic E-state index is -0.482. The van der Waals surface area contributed by atoms with Crippen molar-refractivity contribution in [1.82, 2.24) is 0 Å². The van der Waals surface area contributed by atoms with Crippen molar-refractivity contribution in [2.24, 2.45) is 0 Å². The van der Waals surface area contributed by atoms with Gasteiger partial charge >= 0.3 is 5.97 Å². The smallest absolute Gasteiger partial charge is 0.330 e. The highest BCUT2D eigenvalue weighted by molar-refractivity contribution is 5.82. The molecular weight excluding hydrogens is 172 g/mol. The van der Waals surface area contributed by atoms with Crippen LogP contribution in [0, 0.1) is 0 Å². The Morgan fingerprint density at radius 2 is 1.92 bits per heavy atom. The van der Waals surface area contributed by atoms with E-state index < -0.39 is 6.29 Å². The molecule has 0 aliphatic carbocycles. The Labute approximate surface area is 78.5 Å². The van der Waals surface area contributed by atoms with Crippen molar-refractivity contribution >= 4 is 5.97 Å². The maximum absolute atomic E-state index is 11.0. The summed E-state index contributed by atoms with van der Waals surface area (Å²) < 4.78 is 14.6. The summed E-state index contributed by atoms with van der Waals surface area (Å²) in [6.07, 6.45) is 0.880. The summed E-state index contributed by atoms with van der Waals surface area (Å²) in [6, 6.07) is 0. The fraction of sp³-hybridized carbons (Fsp3) is 0.667. The third kappa shape index (κ3) is 4.65. The van der Waals surface area contributed by atoms with Crippen LogP contribution in [0.25, 0.3) is 0 Å². The van der Waals surface area contributed by atoms with Crippen LogP contribution < -0.4 is 0 Å². The number of methoxy groups -OCH3 is 2. The Morgan fingerprint density at radius 3 is 2.31 bits per heavy atom. The molecular formula is C9H16O4. The van der Waals surface area contributed by atoms with Gasteiger partial charge in [-0.25, -0.2) is 4.79 Å². The van der Waals surface area contributed by atoms with Crippen LogP contribution >= 0.6 is 0 Å². The monoisotopic (exact) mass is 188 g/mol. The quantitative estimate of drug-likeness (QED) is 0.368. The van der Waals surface area contributed by atoms with Crippen LogP contribution in [-0.4, -0.2) is 33.1 Å². The summed E-state index contributed by atoms with van der Waals surface area (Å²) in [4.78, 5) is 11.0.